The Bertz CT molecular complexity index is 730. The maximum absolute atomic E-state index is 12.3. The number of rotatable bonds is 8. The number of Topliss-reactive ketones (excluding diaryl/α,β-unsaturated/α-hetero) is 1. The molecule has 4 heteroatoms. The Hall–Kier alpha value is -2.80. The van der Waals surface area contributed by atoms with E-state index < -0.39 is 0 Å². The Balaban J connectivity index is 2.04. The molecule has 0 atom stereocenters. The van der Waals surface area contributed by atoms with Crippen LogP contribution in [-0.4, -0.2) is 19.0 Å². The molecule has 0 saturated carbocycles. The summed E-state index contributed by atoms with van der Waals surface area (Å²) in [7, 11) is 0. The van der Waals surface area contributed by atoms with Crippen LogP contribution in [0.3, 0.4) is 0 Å². The normalized spacial score (nSPS) is 10.0. The van der Waals surface area contributed by atoms with Crippen molar-refractivity contribution in [2.75, 3.05) is 13.2 Å². The molecule has 4 nitrogen and oxygen atoms in total. The molecule has 0 heterocycles. The number of hydrogen-bond donors (Lipinski definition) is 0. The average Bonchev–Trinajstić information content (AvgIpc) is 2.61. The Kier molecular flexibility index (Phi) is 6.39. The quantitative estimate of drug-likeness (QED) is 0.684. The molecule has 0 unspecified atom stereocenters. The van der Waals surface area contributed by atoms with Gasteiger partial charge in [0.2, 0.25) is 0 Å². The van der Waals surface area contributed by atoms with Gasteiger partial charge in [0.05, 0.1) is 18.2 Å². The first-order chi connectivity index (χ1) is 11.7. The van der Waals surface area contributed by atoms with Gasteiger partial charge in [-0.05, 0) is 31.0 Å². The fourth-order valence-electron chi connectivity index (χ4n) is 2.34. The van der Waals surface area contributed by atoms with E-state index in [0.717, 1.165) is 12.8 Å². The maximum Gasteiger partial charge on any atom is 0.200 e. The molecule has 0 saturated heterocycles. The summed E-state index contributed by atoms with van der Waals surface area (Å²) in [6.45, 7) is 4.36. The van der Waals surface area contributed by atoms with E-state index in [9.17, 15) is 4.79 Å². The van der Waals surface area contributed by atoms with E-state index >= 15 is 0 Å². The lowest BCUT2D eigenvalue weighted by Gasteiger charge is -2.11. The highest BCUT2D eigenvalue weighted by molar-refractivity contribution is 5.97. The van der Waals surface area contributed by atoms with Crippen LogP contribution in [0.1, 0.15) is 41.8 Å². The van der Waals surface area contributed by atoms with Gasteiger partial charge in [-0.2, -0.15) is 5.26 Å². The predicted molar refractivity (Wildman–Crippen MR) is 92.6 cm³/mol. The Labute approximate surface area is 142 Å². The van der Waals surface area contributed by atoms with Gasteiger partial charge in [-0.3, -0.25) is 4.79 Å². The van der Waals surface area contributed by atoms with E-state index in [1.165, 1.54) is 5.56 Å². The number of carbonyl (C=O) groups is 1. The molecule has 124 valence electrons. The SMILES string of the molecule is CCCc1ccc(C(=O)COc2ccc(C#N)cc2OCC)cc1. The summed E-state index contributed by atoms with van der Waals surface area (Å²) in [5, 5.41) is 8.95. The fraction of sp³-hybridized carbons (Fsp3) is 0.300. The van der Waals surface area contributed by atoms with Crippen molar-refractivity contribution >= 4 is 5.78 Å². The van der Waals surface area contributed by atoms with Crippen LogP contribution in [0.25, 0.3) is 0 Å². The average molecular weight is 323 g/mol. The van der Waals surface area contributed by atoms with Gasteiger partial charge in [0.15, 0.2) is 23.9 Å². The van der Waals surface area contributed by atoms with E-state index in [-0.39, 0.29) is 12.4 Å². The third kappa shape index (κ3) is 4.60. The van der Waals surface area contributed by atoms with Gasteiger partial charge in [0.25, 0.3) is 0 Å². The number of benzene rings is 2. The molecular formula is C20H21NO3. The van der Waals surface area contributed by atoms with E-state index in [1.54, 1.807) is 18.2 Å². The van der Waals surface area contributed by atoms with Gasteiger partial charge in [-0.1, -0.05) is 37.6 Å². The Morgan fingerprint density at radius 3 is 2.42 bits per heavy atom. The van der Waals surface area contributed by atoms with Crippen LogP contribution >= 0.6 is 0 Å². The van der Waals surface area contributed by atoms with Gasteiger partial charge in [0, 0.05) is 11.6 Å². The third-order valence-corrected chi connectivity index (χ3v) is 3.55. The molecule has 2 aromatic rings. The topological polar surface area (TPSA) is 59.3 Å². The molecule has 0 bridgehead atoms. The van der Waals surface area contributed by atoms with Crippen LogP contribution in [0.5, 0.6) is 11.5 Å². The highest BCUT2D eigenvalue weighted by Crippen LogP contribution is 2.28. The number of nitrogens with zero attached hydrogens (tertiary/aromatic N) is 1. The second-order valence-corrected chi connectivity index (χ2v) is 5.37. The zero-order valence-electron chi connectivity index (χ0n) is 14.0. The van der Waals surface area contributed by atoms with Crippen LogP contribution in [0.2, 0.25) is 0 Å². The maximum atomic E-state index is 12.3. The summed E-state index contributed by atoms with van der Waals surface area (Å²) in [4.78, 5) is 12.3. The Morgan fingerprint density at radius 1 is 1.04 bits per heavy atom. The van der Waals surface area contributed by atoms with Crippen LogP contribution in [0.15, 0.2) is 42.5 Å². The van der Waals surface area contributed by atoms with Gasteiger partial charge in [-0.15, -0.1) is 0 Å². The summed E-state index contributed by atoms with van der Waals surface area (Å²) < 4.78 is 11.1. The number of nitriles is 1. The molecular weight excluding hydrogens is 302 g/mol. The number of hydrogen-bond acceptors (Lipinski definition) is 4. The third-order valence-electron chi connectivity index (χ3n) is 3.55. The number of carbonyl (C=O) groups excluding carboxylic acids is 1. The van der Waals surface area contributed by atoms with E-state index in [1.807, 2.05) is 31.2 Å². The first-order valence-electron chi connectivity index (χ1n) is 8.09. The summed E-state index contributed by atoms with van der Waals surface area (Å²) in [6.07, 6.45) is 2.09. The van der Waals surface area contributed by atoms with Gasteiger partial charge in [-0.25, -0.2) is 0 Å². The molecule has 0 amide bonds. The minimum absolute atomic E-state index is 0.0703. The zero-order valence-corrected chi connectivity index (χ0v) is 14.0. The lowest BCUT2D eigenvalue weighted by atomic mass is 10.1. The monoisotopic (exact) mass is 323 g/mol. The second-order valence-electron chi connectivity index (χ2n) is 5.37. The number of ketones is 1. The summed E-state index contributed by atoms with van der Waals surface area (Å²) in [5.41, 5.74) is 2.34. The van der Waals surface area contributed by atoms with Crippen LogP contribution in [0, 0.1) is 11.3 Å². The minimum atomic E-state index is -0.0927. The summed E-state index contributed by atoms with van der Waals surface area (Å²) in [6, 6.07) is 14.6. The van der Waals surface area contributed by atoms with Crippen molar-refractivity contribution in [3.05, 3.63) is 59.2 Å². The standard InChI is InChI=1S/C20H21NO3/c1-3-5-15-6-9-17(10-7-15)18(22)14-24-19-11-8-16(13-21)12-20(19)23-4-2/h6-12H,3-5,14H2,1-2H3. The molecule has 0 fully saturated rings. The van der Waals surface area contributed by atoms with Crippen LogP contribution in [-0.2, 0) is 6.42 Å². The smallest absolute Gasteiger partial charge is 0.200 e. The van der Waals surface area contributed by atoms with Crippen molar-refractivity contribution < 1.29 is 14.3 Å². The minimum Gasteiger partial charge on any atom is -0.490 e. The van der Waals surface area contributed by atoms with Crippen LogP contribution in [0.4, 0.5) is 0 Å². The molecule has 0 N–H and O–H groups in total. The fourth-order valence-corrected chi connectivity index (χ4v) is 2.34. The molecule has 0 radical (unpaired) electrons. The first-order valence-corrected chi connectivity index (χ1v) is 8.09. The van der Waals surface area contributed by atoms with E-state index in [0.29, 0.717) is 29.2 Å². The van der Waals surface area contributed by atoms with Crippen molar-refractivity contribution in [2.45, 2.75) is 26.7 Å². The van der Waals surface area contributed by atoms with Crippen molar-refractivity contribution in [3.63, 3.8) is 0 Å². The molecule has 0 aromatic heterocycles. The highest BCUT2D eigenvalue weighted by atomic mass is 16.5. The van der Waals surface area contributed by atoms with E-state index in [4.69, 9.17) is 14.7 Å². The zero-order chi connectivity index (χ0) is 17.4. The second kappa shape index (κ2) is 8.73. The van der Waals surface area contributed by atoms with E-state index in [2.05, 4.69) is 13.0 Å². The molecule has 0 aliphatic carbocycles. The molecule has 0 spiro atoms. The molecule has 2 aromatic carbocycles. The van der Waals surface area contributed by atoms with Gasteiger partial charge in [0.1, 0.15) is 0 Å². The number of aryl methyl sites for hydroxylation is 1. The Morgan fingerprint density at radius 2 is 1.79 bits per heavy atom. The highest BCUT2D eigenvalue weighted by Gasteiger charge is 2.11. The molecule has 24 heavy (non-hydrogen) atoms. The van der Waals surface area contributed by atoms with Gasteiger partial charge >= 0.3 is 0 Å². The molecule has 2 rings (SSSR count). The molecule has 0 aliphatic rings. The van der Waals surface area contributed by atoms with Crippen LogP contribution < -0.4 is 9.47 Å². The van der Waals surface area contributed by atoms with Crippen molar-refractivity contribution in [1.29, 1.82) is 5.26 Å². The van der Waals surface area contributed by atoms with Crippen molar-refractivity contribution in [2.24, 2.45) is 0 Å². The largest absolute Gasteiger partial charge is 0.490 e. The first kappa shape index (κ1) is 17.6. The summed E-state index contributed by atoms with van der Waals surface area (Å²) in [5.74, 6) is 0.847. The van der Waals surface area contributed by atoms with Crippen molar-refractivity contribution in [3.8, 4) is 17.6 Å². The number of ether oxygens (including phenoxy) is 2. The van der Waals surface area contributed by atoms with Crippen molar-refractivity contribution in [1.82, 2.24) is 0 Å². The molecule has 0 aliphatic heterocycles. The lowest BCUT2D eigenvalue weighted by molar-refractivity contribution is 0.0919. The lowest BCUT2D eigenvalue weighted by Crippen LogP contribution is -2.12. The van der Waals surface area contributed by atoms with Gasteiger partial charge < -0.3 is 9.47 Å². The predicted octanol–water partition coefficient (Wildman–Crippen LogP) is 4.17. The summed E-state index contributed by atoms with van der Waals surface area (Å²) >= 11 is 0.